The predicted octanol–water partition coefficient (Wildman–Crippen LogP) is 3.60. The fourth-order valence-corrected chi connectivity index (χ4v) is 1.68. The summed E-state index contributed by atoms with van der Waals surface area (Å²) in [5.41, 5.74) is 1.09. The van der Waals surface area contributed by atoms with E-state index in [2.05, 4.69) is 48.3 Å². The minimum absolute atomic E-state index is 0.100. The molecule has 18 heavy (non-hydrogen) atoms. The number of hydrogen-bond acceptors (Lipinski definition) is 4. The van der Waals surface area contributed by atoms with Gasteiger partial charge in [-0.1, -0.05) is 20.8 Å². The molecule has 0 atom stereocenters. The third-order valence-corrected chi connectivity index (χ3v) is 3.38. The molecule has 0 unspecified atom stereocenters. The molecule has 102 valence electrons. The molecule has 0 aliphatic rings. The van der Waals surface area contributed by atoms with Crippen LogP contribution in [0.1, 0.15) is 52.7 Å². The first-order chi connectivity index (χ1) is 8.53. The summed E-state index contributed by atoms with van der Waals surface area (Å²) in [4.78, 5) is 8.91. The molecule has 0 amide bonds. The summed E-state index contributed by atoms with van der Waals surface area (Å²) in [5, 5.41) is 6.76. The zero-order valence-electron chi connectivity index (χ0n) is 12.3. The number of nitrogens with zero attached hydrogens (tertiary/aromatic N) is 2. The van der Waals surface area contributed by atoms with Crippen molar-refractivity contribution in [3.8, 4) is 0 Å². The number of nitrogens with one attached hydrogen (secondary N) is 2. The quantitative estimate of drug-likeness (QED) is 0.776. The van der Waals surface area contributed by atoms with Crippen molar-refractivity contribution >= 4 is 11.8 Å². The minimum atomic E-state index is 0.100. The minimum Gasteiger partial charge on any atom is -0.365 e. The summed E-state index contributed by atoms with van der Waals surface area (Å²) in [7, 11) is 0. The lowest BCUT2D eigenvalue weighted by Gasteiger charge is -2.29. The van der Waals surface area contributed by atoms with E-state index in [0.29, 0.717) is 5.95 Å². The average Bonchev–Trinajstić information content (AvgIpc) is 2.35. The van der Waals surface area contributed by atoms with Crippen molar-refractivity contribution in [2.45, 2.75) is 59.4 Å². The molecule has 1 aromatic rings. The Hall–Kier alpha value is -1.32. The van der Waals surface area contributed by atoms with Crippen molar-refractivity contribution in [2.24, 2.45) is 0 Å². The smallest absolute Gasteiger partial charge is 0.224 e. The van der Waals surface area contributed by atoms with Crippen LogP contribution in [0.3, 0.4) is 0 Å². The standard InChI is InChI=1S/C14H26N4/c1-6-9-15-13-16-11(4)10-12(17-13)18-14(5,7-2)8-3/h10H,6-9H2,1-5H3,(H2,15,16,17,18). The Morgan fingerprint density at radius 3 is 2.39 bits per heavy atom. The van der Waals surface area contributed by atoms with Crippen LogP contribution >= 0.6 is 0 Å². The maximum absolute atomic E-state index is 4.52. The van der Waals surface area contributed by atoms with Crippen molar-refractivity contribution in [1.82, 2.24) is 9.97 Å². The summed E-state index contributed by atoms with van der Waals surface area (Å²) in [5.74, 6) is 1.63. The molecule has 0 spiro atoms. The Morgan fingerprint density at radius 2 is 1.83 bits per heavy atom. The van der Waals surface area contributed by atoms with E-state index >= 15 is 0 Å². The second kappa shape index (κ2) is 6.57. The molecule has 1 rings (SSSR count). The van der Waals surface area contributed by atoms with Crippen LogP contribution in [0.15, 0.2) is 6.07 Å². The largest absolute Gasteiger partial charge is 0.365 e. The maximum Gasteiger partial charge on any atom is 0.224 e. The summed E-state index contributed by atoms with van der Waals surface area (Å²) in [6, 6.07) is 2.00. The Labute approximate surface area is 111 Å². The molecule has 0 aromatic carbocycles. The first kappa shape index (κ1) is 14.7. The summed E-state index contributed by atoms with van der Waals surface area (Å²) < 4.78 is 0. The molecule has 1 aromatic heterocycles. The van der Waals surface area contributed by atoms with Crippen LogP contribution in [-0.2, 0) is 0 Å². The van der Waals surface area contributed by atoms with Gasteiger partial charge >= 0.3 is 0 Å². The SMILES string of the molecule is CCCNc1nc(C)cc(NC(C)(CC)CC)n1. The predicted molar refractivity (Wildman–Crippen MR) is 78.2 cm³/mol. The molecule has 2 N–H and O–H groups in total. The van der Waals surface area contributed by atoms with Crippen LogP contribution in [0.25, 0.3) is 0 Å². The van der Waals surface area contributed by atoms with E-state index in [0.717, 1.165) is 37.3 Å². The summed E-state index contributed by atoms with van der Waals surface area (Å²) in [6.45, 7) is 11.7. The van der Waals surface area contributed by atoms with Gasteiger partial charge in [0.15, 0.2) is 0 Å². The van der Waals surface area contributed by atoms with E-state index in [4.69, 9.17) is 0 Å². The summed E-state index contributed by atoms with van der Waals surface area (Å²) >= 11 is 0. The zero-order chi connectivity index (χ0) is 13.6. The van der Waals surface area contributed by atoms with Crippen LogP contribution in [-0.4, -0.2) is 22.1 Å². The summed E-state index contributed by atoms with van der Waals surface area (Å²) in [6.07, 6.45) is 3.22. The third-order valence-electron chi connectivity index (χ3n) is 3.38. The molecule has 1 heterocycles. The normalized spacial score (nSPS) is 11.4. The van der Waals surface area contributed by atoms with Crippen molar-refractivity contribution in [1.29, 1.82) is 0 Å². The van der Waals surface area contributed by atoms with Gasteiger partial charge in [-0.05, 0) is 33.1 Å². The molecule has 4 heteroatoms. The molecule has 0 saturated carbocycles. The van der Waals surface area contributed by atoms with Crippen LogP contribution in [0.5, 0.6) is 0 Å². The van der Waals surface area contributed by atoms with Gasteiger partial charge in [-0.15, -0.1) is 0 Å². The molecule has 0 aliphatic carbocycles. The first-order valence-electron chi connectivity index (χ1n) is 6.90. The lowest BCUT2D eigenvalue weighted by Crippen LogP contribution is -2.33. The van der Waals surface area contributed by atoms with E-state index in [1.165, 1.54) is 0 Å². The van der Waals surface area contributed by atoms with Gasteiger partial charge in [-0.2, -0.15) is 4.98 Å². The van der Waals surface area contributed by atoms with Crippen molar-refractivity contribution < 1.29 is 0 Å². The number of anilines is 2. The van der Waals surface area contributed by atoms with Gasteiger partial charge < -0.3 is 10.6 Å². The van der Waals surface area contributed by atoms with Crippen molar-refractivity contribution in [3.63, 3.8) is 0 Å². The first-order valence-corrected chi connectivity index (χ1v) is 6.90. The molecule has 0 fully saturated rings. The molecule has 4 nitrogen and oxygen atoms in total. The second-order valence-corrected chi connectivity index (χ2v) is 5.04. The molecule has 0 radical (unpaired) electrons. The van der Waals surface area contributed by atoms with E-state index in [-0.39, 0.29) is 5.54 Å². The number of rotatable bonds is 7. The Morgan fingerprint density at radius 1 is 1.17 bits per heavy atom. The maximum atomic E-state index is 4.52. The van der Waals surface area contributed by atoms with E-state index in [9.17, 15) is 0 Å². The highest BCUT2D eigenvalue weighted by Gasteiger charge is 2.19. The van der Waals surface area contributed by atoms with Crippen molar-refractivity contribution in [2.75, 3.05) is 17.2 Å². The highest BCUT2D eigenvalue weighted by molar-refractivity contribution is 5.44. The van der Waals surface area contributed by atoms with Gasteiger partial charge in [-0.3, -0.25) is 0 Å². The molecule has 0 aliphatic heterocycles. The second-order valence-electron chi connectivity index (χ2n) is 5.04. The molecule has 0 bridgehead atoms. The van der Waals surface area contributed by atoms with E-state index in [1.54, 1.807) is 0 Å². The Balaban J connectivity index is 2.85. The number of hydrogen-bond donors (Lipinski definition) is 2. The van der Waals surface area contributed by atoms with Gasteiger partial charge in [-0.25, -0.2) is 4.98 Å². The highest BCUT2D eigenvalue weighted by Crippen LogP contribution is 2.21. The fourth-order valence-electron chi connectivity index (χ4n) is 1.68. The fraction of sp³-hybridized carbons (Fsp3) is 0.714. The van der Waals surface area contributed by atoms with E-state index in [1.807, 2.05) is 13.0 Å². The van der Waals surface area contributed by atoms with Gasteiger partial charge in [0, 0.05) is 23.8 Å². The number of aryl methyl sites for hydroxylation is 1. The van der Waals surface area contributed by atoms with Crippen LogP contribution in [0.2, 0.25) is 0 Å². The van der Waals surface area contributed by atoms with Crippen LogP contribution in [0.4, 0.5) is 11.8 Å². The average molecular weight is 250 g/mol. The van der Waals surface area contributed by atoms with Gasteiger partial charge in [0.25, 0.3) is 0 Å². The van der Waals surface area contributed by atoms with Crippen LogP contribution < -0.4 is 10.6 Å². The zero-order valence-corrected chi connectivity index (χ0v) is 12.3. The Kier molecular flexibility index (Phi) is 5.38. The molecule has 0 saturated heterocycles. The van der Waals surface area contributed by atoms with Crippen molar-refractivity contribution in [3.05, 3.63) is 11.8 Å². The highest BCUT2D eigenvalue weighted by atomic mass is 15.2. The molecular weight excluding hydrogens is 224 g/mol. The monoisotopic (exact) mass is 250 g/mol. The van der Waals surface area contributed by atoms with Gasteiger partial charge in [0.2, 0.25) is 5.95 Å². The topological polar surface area (TPSA) is 49.8 Å². The van der Waals surface area contributed by atoms with Crippen LogP contribution in [0, 0.1) is 6.92 Å². The third kappa shape index (κ3) is 4.17. The Bertz CT molecular complexity index is 372. The molecular formula is C14H26N4. The van der Waals surface area contributed by atoms with Gasteiger partial charge in [0.1, 0.15) is 5.82 Å². The van der Waals surface area contributed by atoms with Gasteiger partial charge in [0.05, 0.1) is 0 Å². The lowest BCUT2D eigenvalue weighted by molar-refractivity contribution is 0.476. The van der Waals surface area contributed by atoms with E-state index < -0.39 is 0 Å². The number of aromatic nitrogens is 2. The lowest BCUT2D eigenvalue weighted by atomic mass is 9.96.